The lowest BCUT2D eigenvalue weighted by molar-refractivity contribution is -0.189. The quantitative estimate of drug-likeness (QED) is 0.162. The summed E-state index contributed by atoms with van der Waals surface area (Å²) in [5, 5.41) is 0. The minimum absolute atomic E-state index is 0.0428. The summed E-state index contributed by atoms with van der Waals surface area (Å²) in [7, 11) is -3.62. The SMILES string of the molecule is COC(=O)[C@@]1(C)C2CC[C@@H]3[C@]4(CC[C@]5(C)[C@@H]([C@H](C)CC(=O)C=C(C)C)CC[C@@]35C)C[C@]24CC[C@@H]1OS(=O)(=O)[O-]. The lowest BCUT2D eigenvalue weighted by atomic mass is 9.41. The van der Waals surface area contributed by atoms with Crippen LogP contribution in [0.4, 0.5) is 0 Å². The van der Waals surface area contributed by atoms with Gasteiger partial charge in [-0.3, -0.25) is 13.8 Å². The van der Waals surface area contributed by atoms with E-state index in [1.807, 2.05) is 13.8 Å². The maximum Gasteiger partial charge on any atom is 0.314 e. The molecule has 0 aromatic carbocycles. The van der Waals surface area contributed by atoms with E-state index >= 15 is 0 Å². The average Bonchev–Trinajstić information content (AvgIpc) is 3.41. The van der Waals surface area contributed by atoms with Crippen LogP contribution in [0.15, 0.2) is 11.6 Å². The fourth-order valence-electron chi connectivity index (χ4n) is 11.6. The van der Waals surface area contributed by atoms with E-state index < -0.39 is 27.9 Å². The largest absolute Gasteiger partial charge is 0.726 e. The number of hydrogen-bond donors (Lipinski definition) is 0. The van der Waals surface area contributed by atoms with Crippen LogP contribution in [0.3, 0.4) is 0 Å². The van der Waals surface area contributed by atoms with Crippen molar-refractivity contribution in [3.05, 3.63) is 11.6 Å². The Balaban J connectivity index is 1.44. The number of ether oxygens (including phenoxy) is 1. The van der Waals surface area contributed by atoms with Crippen molar-refractivity contribution in [1.29, 1.82) is 0 Å². The van der Waals surface area contributed by atoms with Crippen LogP contribution in [0.2, 0.25) is 0 Å². The Kier molecular flexibility index (Phi) is 6.84. The molecule has 10 atom stereocenters. The Morgan fingerprint density at radius 2 is 1.59 bits per heavy atom. The fourth-order valence-corrected chi connectivity index (χ4v) is 12.2. The first-order chi connectivity index (χ1) is 18.0. The van der Waals surface area contributed by atoms with E-state index in [0.29, 0.717) is 30.6 Å². The van der Waals surface area contributed by atoms with Gasteiger partial charge in [-0.25, -0.2) is 8.42 Å². The molecule has 0 amide bonds. The predicted molar refractivity (Wildman–Crippen MR) is 146 cm³/mol. The minimum Gasteiger partial charge on any atom is -0.726 e. The smallest absolute Gasteiger partial charge is 0.314 e. The summed E-state index contributed by atoms with van der Waals surface area (Å²) >= 11 is 0. The average molecular weight is 564 g/mol. The molecule has 5 aliphatic rings. The van der Waals surface area contributed by atoms with Crippen molar-refractivity contribution < 1.29 is 31.5 Å². The second kappa shape index (κ2) is 9.12. The van der Waals surface area contributed by atoms with E-state index in [1.165, 1.54) is 7.11 Å². The van der Waals surface area contributed by atoms with Crippen molar-refractivity contribution in [2.24, 2.45) is 50.7 Å². The molecule has 0 heterocycles. The maximum absolute atomic E-state index is 13.3. The van der Waals surface area contributed by atoms with E-state index in [-0.39, 0.29) is 33.4 Å². The van der Waals surface area contributed by atoms with Crippen molar-refractivity contribution in [3.8, 4) is 0 Å². The van der Waals surface area contributed by atoms with Gasteiger partial charge in [0.2, 0.25) is 10.4 Å². The number of methoxy groups -OCH3 is 1. The molecule has 2 spiro atoms. The third-order valence-corrected chi connectivity index (χ3v) is 13.8. The van der Waals surface area contributed by atoms with Crippen LogP contribution in [-0.2, 0) is 28.9 Å². The Hall–Kier alpha value is -1.25. The van der Waals surface area contributed by atoms with Gasteiger partial charge < -0.3 is 9.29 Å². The molecule has 1 unspecified atom stereocenters. The summed E-state index contributed by atoms with van der Waals surface area (Å²) in [6.45, 7) is 13.0. The minimum atomic E-state index is -4.95. The standard InChI is InChI=1S/C31H48O7S/c1-19(2)16-21(32)17-20(3)22-10-12-28(5)23-8-9-24-29(6,26(33)37-7)25(38-39(34,35)36)11-13-30(24)18-31(23,30)15-14-27(22,28)4/h16,20,22-25H,8-15,17-18H2,1-7H3,(H,34,35,36)/p-1/t20-,22-,23+,24?,25+,27-,28+,29+,30-,31+/m1/s1. The Bertz CT molecular complexity index is 1190. The number of ketones is 1. The van der Waals surface area contributed by atoms with E-state index in [4.69, 9.17) is 8.92 Å². The second-order valence-corrected chi connectivity index (χ2v) is 15.8. The van der Waals surface area contributed by atoms with Gasteiger partial charge in [0.25, 0.3) is 0 Å². The third-order valence-electron chi connectivity index (χ3n) is 13.3. The van der Waals surface area contributed by atoms with E-state index in [9.17, 15) is 22.6 Å². The highest BCUT2D eigenvalue weighted by Gasteiger charge is 2.83. The molecular formula is C31H47O7S-. The maximum atomic E-state index is 13.3. The van der Waals surface area contributed by atoms with Gasteiger partial charge in [-0.15, -0.1) is 0 Å². The molecule has 0 N–H and O–H groups in total. The van der Waals surface area contributed by atoms with Gasteiger partial charge in [-0.1, -0.05) is 26.3 Å². The normalized spacial score (nSPS) is 47.1. The molecule has 5 rings (SSSR count). The van der Waals surface area contributed by atoms with Crippen LogP contribution in [0, 0.1) is 50.7 Å². The van der Waals surface area contributed by atoms with Gasteiger partial charge in [0, 0.05) is 6.42 Å². The molecule has 220 valence electrons. The summed E-state index contributed by atoms with van der Waals surface area (Å²) < 4.78 is 45.2. The van der Waals surface area contributed by atoms with Crippen molar-refractivity contribution in [2.75, 3.05) is 7.11 Å². The third kappa shape index (κ3) is 3.97. The van der Waals surface area contributed by atoms with E-state index in [0.717, 1.165) is 56.9 Å². The van der Waals surface area contributed by atoms with Crippen LogP contribution in [0.25, 0.3) is 0 Å². The summed E-state index contributed by atoms with van der Waals surface area (Å²) in [5.74, 6) is 1.07. The summed E-state index contributed by atoms with van der Waals surface area (Å²) in [4.78, 5) is 26.0. The highest BCUT2D eigenvalue weighted by Crippen LogP contribution is 2.89. The second-order valence-electron chi connectivity index (χ2n) is 14.8. The van der Waals surface area contributed by atoms with Gasteiger partial charge in [0.05, 0.1) is 18.6 Å². The fraction of sp³-hybridized carbons (Fsp3) is 0.871. The van der Waals surface area contributed by atoms with Crippen LogP contribution in [0.1, 0.15) is 106 Å². The first-order valence-electron chi connectivity index (χ1n) is 14.9. The number of hydrogen-bond acceptors (Lipinski definition) is 7. The summed E-state index contributed by atoms with van der Waals surface area (Å²) in [5.41, 5.74) is 0.295. The molecule has 0 aromatic rings. The number of carbonyl (C=O) groups excluding carboxylic acids is 2. The molecule has 39 heavy (non-hydrogen) atoms. The number of rotatable bonds is 7. The lowest BCUT2D eigenvalue weighted by Gasteiger charge is -2.63. The number of fused-ring (bicyclic) bond motifs is 2. The number of carbonyl (C=O) groups is 2. The van der Waals surface area contributed by atoms with Crippen molar-refractivity contribution in [3.63, 3.8) is 0 Å². The zero-order chi connectivity index (χ0) is 28.8. The summed E-state index contributed by atoms with van der Waals surface area (Å²) in [6.07, 6.45) is 9.94. The topological polar surface area (TPSA) is 110 Å². The molecule has 8 heteroatoms. The molecule has 5 saturated carbocycles. The molecule has 0 aliphatic heterocycles. The molecular weight excluding hydrogens is 516 g/mol. The highest BCUT2D eigenvalue weighted by atomic mass is 32.3. The molecule has 5 fully saturated rings. The number of esters is 1. The Morgan fingerprint density at radius 3 is 2.21 bits per heavy atom. The van der Waals surface area contributed by atoms with Gasteiger partial charge in [-0.05, 0) is 130 Å². The molecule has 5 aliphatic carbocycles. The van der Waals surface area contributed by atoms with Crippen molar-refractivity contribution in [2.45, 2.75) is 112 Å². The van der Waals surface area contributed by atoms with E-state index in [2.05, 4.69) is 20.8 Å². The highest BCUT2D eigenvalue weighted by molar-refractivity contribution is 7.80. The van der Waals surface area contributed by atoms with Crippen LogP contribution in [-0.4, -0.2) is 37.9 Å². The first-order valence-corrected chi connectivity index (χ1v) is 16.2. The molecule has 0 saturated heterocycles. The predicted octanol–water partition coefficient (Wildman–Crippen LogP) is 5.99. The first kappa shape index (κ1) is 29.2. The van der Waals surface area contributed by atoms with Crippen molar-refractivity contribution in [1.82, 2.24) is 0 Å². The molecule has 7 nitrogen and oxygen atoms in total. The monoisotopic (exact) mass is 563 g/mol. The lowest BCUT2D eigenvalue weighted by Crippen LogP contribution is -2.60. The Labute approximate surface area is 234 Å². The zero-order valence-electron chi connectivity index (χ0n) is 24.8. The zero-order valence-corrected chi connectivity index (χ0v) is 25.6. The van der Waals surface area contributed by atoms with Crippen molar-refractivity contribution >= 4 is 22.2 Å². The molecule has 0 aromatic heterocycles. The Morgan fingerprint density at radius 1 is 0.949 bits per heavy atom. The van der Waals surface area contributed by atoms with Gasteiger partial charge in [0.15, 0.2) is 5.78 Å². The van der Waals surface area contributed by atoms with Gasteiger partial charge in [0.1, 0.15) is 0 Å². The van der Waals surface area contributed by atoms with E-state index in [1.54, 1.807) is 13.0 Å². The van der Waals surface area contributed by atoms with Gasteiger partial charge >= 0.3 is 5.97 Å². The van der Waals surface area contributed by atoms with Crippen LogP contribution >= 0.6 is 0 Å². The van der Waals surface area contributed by atoms with Crippen LogP contribution in [0.5, 0.6) is 0 Å². The van der Waals surface area contributed by atoms with Gasteiger partial charge in [-0.2, -0.15) is 0 Å². The summed E-state index contributed by atoms with van der Waals surface area (Å²) in [6, 6.07) is 0. The molecule has 0 bridgehead atoms. The molecule has 0 radical (unpaired) electrons. The number of allylic oxidation sites excluding steroid dienone is 2. The van der Waals surface area contributed by atoms with Crippen LogP contribution < -0.4 is 0 Å².